The topological polar surface area (TPSA) is 144 Å². The van der Waals surface area contributed by atoms with Gasteiger partial charge in [0, 0.05) is 5.92 Å². The van der Waals surface area contributed by atoms with Crippen molar-refractivity contribution in [2.75, 3.05) is 0 Å². The lowest BCUT2D eigenvalue weighted by atomic mass is 9.76. The minimum atomic E-state index is -1.83. The number of ketones is 1. The molecule has 1 aliphatic rings. The summed E-state index contributed by atoms with van der Waals surface area (Å²) in [5.74, 6) is -4.80. The Morgan fingerprint density at radius 2 is 2.06 bits per heavy atom. The van der Waals surface area contributed by atoms with Crippen LogP contribution in [0.4, 0.5) is 0 Å². The molecular weight excluding hydrogens is 242 g/mol. The zero-order valence-electron chi connectivity index (χ0n) is 9.84. The van der Waals surface area contributed by atoms with Gasteiger partial charge in [-0.25, -0.2) is 0 Å². The number of rotatable bonds is 5. The van der Waals surface area contributed by atoms with Crippen LogP contribution in [0.15, 0.2) is 0 Å². The van der Waals surface area contributed by atoms with Crippen molar-refractivity contribution in [3.8, 4) is 0 Å². The third-order valence-electron chi connectivity index (χ3n) is 3.01. The normalized spacial score (nSPS) is 25.2. The monoisotopic (exact) mass is 255 g/mol. The van der Waals surface area contributed by atoms with Gasteiger partial charge in [-0.3, -0.25) is 9.59 Å². The summed E-state index contributed by atoms with van der Waals surface area (Å²) in [6.45, 7) is 2.81. The molecule has 1 fully saturated rings. The molecule has 1 aliphatic heterocycles. The van der Waals surface area contributed by atoms with Gasteiger partial charge in [-0.2, -0.15) is 0 Å². The number of aliphatic hydroxyl groups excluding tert-OH is 1. The molecule has 1 amide bonds. The fourth-order valence-corrected chi connectivity index (χ4v) is 1.95. The standard InChI is InChI=1S/C10H13N3O5/c1-3(8(15)7(13-11)10(17)18)6-5(4(2)14)9(16)12-6/h3-6,11,14H,1-2H3,(H-,12,16,17,18). The highest BCUT2D eigenvalue weighted by molar-refractivity contribution is 6.61. The van der Waals surface area contributed by atoms with Gasteiger partial charge in [-0.1, -0.05) is 6.92 Å². The number of hydrogen-bond donors (Lipinski definition) is 3. The number of Topliss-reactive ketones (excluding diaryl/α,β-unsaturated/α-hetero) is 1. The molecule has 3 N–H and O–H groups in total. The summed E-state index contributed by atoms with van der Waals surface area (Å²) in [6, 6.07) is -0.666. The van der Waals surface area contributed by atoms with Gasteiger partial charge < -0.3 is 20.3 Å². The molecule has 0 aromatic rings. The molecule has 4 unspecified atom stereocenters. The molecule has 1 rings (SSSR count). The van der Waals surface area contributed by atoms with Crippen LogP contribution in [-0.2, 0) is 14.4 Å². The molecule has 0 aromatic carbocycles. The van der Waals surface area contributed by atoms with Gasteiger partial charge in [0.25, 0.3) is 5.78 Å². The number of amides is 1. The van der Waals surface area contributed by atoms with Crippen LogP contribution in [0.5, 0.6) is 0 Å². The smallest absolute Gasteiger partial charge is 0.429 e. The van der Waals surface area contributed by atoms with E-state index in [9.17, 15) is 24.6 Å². The average molecular weight is 255 g/mol. The summed E-state index contributed by atoms with van der Waals surface area (Å²) < 4.78 is 0. The first-order valence-electron chi connectivity index (χ1n) is 5.29. The third-order valence-corrected chi connectivity index (χ3v) is 3.01. The maximum absolute atomic E-state index is 11.7. The first kappa shape index (κ1) is 14.0. The number of hydrogen-bond acceptors (Lipinski definition) is 6. The van der Waals surface area contributed by atoms with Gasteiger partial charge in [0.05, 0.1) is 28.4 Å². The highest BCUT2D eigenvalue weighted by Crippen LogP contribution is 2.26. The lowest BCUT2D eigenvalue weighted by Crippen LogP contribution is -2.66. The maximum atomic E-state index is 11.7. The van der Waals surface area contributed by atoms with Gasteiger partial charge in [-0.05, 0) is 6.92 Å². The molecule has 0 spiro atoms. The molecule has 4 atom stereocenters. The average Bonchev–Trinajstić information content (AvgIpc) is 2.24. The van der Waals surface area contributed by atoms with Crippen LogP contribution < -0.4 is 10.4 Å². The van der Waals surface area contributed by atoms with Gasteiger partial charge in [-0.15, -0.1) is 0 Å². The highest BCUT2D eigenvalue weighted by atomic mass is 16.4. The van der Waals surface area contributed by atoms with Crippen LogP contribution in [-0.4, -0.2) is 45.4 Å². The predicted octanol–water partition coefficient (Wildman–Crippen LogP) is -2.88. The van der Waals surface area contributed by atoms with Gasteiger partial charge in [0.15, 0.2) is 5.97 Å². The number of carbonyl (C=O) groups is 3. The molecular formula is C10H13N3O5. The molecule has 0 aromatic heterocycles. The summed E-state index contributed by atoms with van der Waals surface area (Å²) >= 11 is 0. The van der Waals surface area contributed by atoms with E-state index in [4.69, 9.17) is 5.53 Å². The lowest BCUT2D eigenvalue weighted by molar-refractivity contribution is -0.298. The fraction of sp³-hybridized carbons (Fsp3) is 0.600. The Kier molecular flexibility index (Phi) is 3.95. The minimum absolute atomic E-state index is 0.396. The van der Waals surface area contributed by atoms with Crippen LogP contribution in [0.3, 0.4) is 0 Å². The Labute approximate surface area is 102 Å². The molecule has 1 heterocycles. The molecule has 18 heavy (non-hydrogen) atoms. The Balaban J connectivity index is 2.86. The third kappa shape index (κ3) is 2.29. The summed E-state index contributed by atoms with van der Waals surface area (Å²) in [5, 5.41) is 22.4. The lowest BCUT2D eigenvalue weighted by Gasteiger charge is -2.40. The second-order valence-electron chi connectivity index (χ2n) is 4.20. The molecule has 0 aliphatic carbocycles. The van der Waals surface area contributed by atoms with Crippen molar-refractivity contribution in [2.24, 2.45) is 11.8 Å². The molecule has 1 saturated heterocycles. The summed E-state index contributed by atoms with van der Waals surface area (Å²) in [5.41, 5.74) is 5.62. The number of carbonyl (C=O) groups excluding carboxylic acids is 3. The predicted molar refractivity (Wildman–Crippen MR) is 54.3 cm³/mol. The number of nitrogens with zero attached hydrogens (tertiary/aromatic N) is 1. The first-order chi connectivity index (χ1) is 8.31. The largest absolute Gasteiger partial charge is 0.538 e. The van der Waals surface area contributed by atoms with Crippen LogP contribution >= 0.6 is 0 Å². The van der Waals surface area contributed by atoms with Crippen molar-refractivity contribution in [3.05, 3.63) is 0 Å². The van der Waals surface area contributed by atoms with Gasteiger partial charge >= 0.3 is 5.71 Å². The number of β-lactam (4-membered cyclic amide) rings is 1. The highest BCUT2D eigenvalue weighted by Gasteiger charge is 2.49. The number of aliphatic carboxylic acids is 1. The van der Waals surface area contributed by atoms with E-state index >= 15 is 0 Å². The Hall–Kier alpha value is -2.05. The van der Waals surface area contributed by atoms with E-state index in [2.05, 4.69) is 10.1 Å². The SMILES string of the molecule is CC(O)C1C(=O)NC1C(C)C(=O)C(=[N+]=N)C(=O)[O-]. The van der Waals surface area contributed by atoms with Crippen molar-refractivity contribution in [1.29, 1.82) is 5.53 Å². The second-order valence-corrected chi connectivity index (χ2v) is 4.20. The Morgan fingerprint density at radius 1 is 1.50 bits per heavy atom. The van der Waals surface area contributed by atoms with Crippen LogP contribution in [0.2, 0.25) is 0 Å². The van der Waals surface area contributed by atoms with Crippen molar-refractivity contribution in [2.45, 2.75) is 26.0 Å². The Morgan fingerprint density at radius 3 is 2.39 bits per heavy atom. The van der Waals surface area contributed by atoms with E-state index in [0.29, 0.717) is 0 Å². The van der Waals surface area contributed by atoms with E-state index in [1.165, 1.54) is 13.8 Å². The van der Waals surface area contributed by atoms with Crippen LogP contribution in [0.25, 0.3) is 0 Å². The number of carboxylic acids is 1. The quantitative estimate of drug-likeness (QED) is 0.159. The first-order valence-corrected chi connectivity index (χ1v) is 5.29. The zero-order valence-corrected chi connectivity index (χ0v) is 9.84. The zero-order chi connectivity index (χ0) is 14.0. The molecule has 8 nitrogen and oxygen atoms in total. The van der Waals surface area contributed by atoms with E-state index in [0.717, 1.165) is 0 Å². The van der Waals surface area contributed by atoms with Gasteiger partial charge in [0.2, 0.25) is 5.91 Å². The molecule has 98 valence electrons. The second kappa shape index (κ2) is 5.07. The molecule has 0 radical (unpaired) electrons. The van der Waals surface area contributed by atoms with Crippen molar-refractivity contribution < 1.29 is 29.4 Å². The van der Waals surface area contributed by atoms with Crippen molar-refractivity contribution >= 4 is 23.4 Å². The summed E-state index contributed by atoms with van der Waals surface area (Å²) in [7, 11) is 0. The van der Waals surface area contributed by atoms with Crippen molar-refractivity contribution in [3.63, 3.8) is 0 Å². The number of carboxylic acid groups (broad SMARTS) is 1. The van der Waals surface area contributed by atoms with Gasteiger partial charge in [0.1, 0.15) is 0 Å². The van der Waals surface area contributed by atoms with E-state index in [1.54, 1.807) is 0 Å². The minimum Gasteiger partial charge on any atom is -0.538 e. The van der Waals surface area contributed by atoms with E-state index in [-0.39, 0.29) is 0 Å². The number of aliphatic hydroxyl groups is 1. The Bertz CT molecular complexity index is 452. The molecule has 0 saturated carbocycles. The van der Waals surface area contributed by atoms with E-state index in [1.807, 2.05) is 0 Å². The molecule has 0 bridgehead atoms. The van der Waals surface area contributed by atoms with Crippen LogP contribution in [0.1, 0.15) is 13.8 Å². The molecule has 8 heteroatoms. The summed E-state index contributed by atoms with van der Waals surface area (Å²) in [4.78, 5) is 36.1. The van der Waals surface area contributed by atoms with E-state index < -0.39 is 47.4 Å². The fourth-order valence-electron chi connectivity index (χ4n) is 1.95. The summed E-state index contributed by atoms with van der Waals surface area (Å²) in [6.07, 6.45) is -0.946. The van der Waals surface area contributed by atoms with Crippen molar-refractivity contribution in [1.82, 2.24) is 5.32 Å². The maximum Gasteiger partial charge on any atom is 0.429 e. The number of nitrogens with one attached hydrogen (secondary N) is 2. The van der Waals surface area contributed by atoms with Crippen LogP contribution in [0, 0.1) is 17.4 Å².